The molecule has 162 valence electrons. The van der Waals surface area contributed by atoms with Gasteiger partial charge in [0.05, 0.1) is 18.9 Å². The Kier molecular flexibility index (Phi) is 6.27. The second kappa shape index (κ2) is 9.08. The van der Waals surface area contributed by atoms with Gasteiger partial charge in [-0.05, 0) is 38.0 Å². The largest absolute Gasteiger partial charge is 0.490 e. The first kappa shape index (κ1) is 20.7. The molecule has 0 spiro atoms. The van der Waals surface area contributed by atoms with Gasteiger partial charge in [-0.3, -0.25) is 14.4 Å². The number of fused-ring (bicyclic) bond motifs is 1. The summed E-state index contributed by atoms with van der Waals surface area (Å²) in [6.45, 7) is 9.86. The Bertz CT molecular complexity index is 900. The van der Waals surface area contributed by atoms with Gasteiger partial charge in [-0.25, -0.2) is 0 Å². The van der Waals surface area contributed by atoms with Crippen LogP contribution in [0, 0.1) is 13.8 Å². The van der Waals surface area contributed by atoms with E-state index in [0.29, 0.717) is 19.6 Å². The number of aryl methyl sites for hydroxylation is 3. The SMILES string of the molecule is Cc1nn(C)c(C)c1CN1CCN(C(=O)CCc2ccc3c(c2)OCCCO3)CC1. The van der Waals surface area contributed by atoms with Crippen LogP contribution in [0.2, 0.25) is 0 Å². The van der Waals surface area contributed by atoms with Crippen molar-refractivity contribution in [2.24, 2.45) is 7.05 Å². The van der Waals surface area contributed by atoms with Crippen molar-refractivity contribution in [3.63, 3.8) is 0 Å². The average molecular weight is 413 g/mol. The number of ether oxygens (including phenoxy) is 2. The standard InChI is InChI=1S/C23H32N4O3/c1-17-20(18(2)25(3)24-17)16-26-9-11-27(12-10-26)23(28)8-6-19-5-7-21-22(15-19)30-14-4-13-29-21/h5,7,15H,4,6,8-14,16H2,1-3H3. The van der Waals surface area contributed by atoms with Crippen molar-refractivity contribution in [2.45, 2.75) is 39.7 Å². The minimum Gasteiger partial charge on any atom is -0.490 e. The highest BCUT2D eigenvalue weighted by molar-refractivity contribution is 5.76. The van der Waals surface area contributed by atoms with E-state index >= 15 is 0 Å². The molecule has 1 aromatic heterocycles. The monoisotopic (exact) mass is 412 g/mol. The highest BCUT2D eigenvalue weighted by Gasteiger charge is 2.23. The maximum Gasteiger partial charge on any atom is 0.222 e. The van der Waals surface area contributed by atoms with E-state index in [1.807, 2.05) is 34.8 Å². The molecule has 3 heterocycles. The van der Waals surface area contributed by atoms with Crippen molar-refractivity contribution in [2.75, 3.05) is 39.4 Å². The molecule has 2 aliphatic rings. The molecule has 0 aliphatic carbocycles. The van der Waals surface area contributed by atoms with Crippen molar-refractivity contribution in [1.29, 1.82) is 0 Å². The summed E-state index contributed by atoms with van der Waals surface area (Å²) in [4.78, 5) is 17.2. The van der Waals surface area contributed by atoms with E-state index in [4.69, 9.17) is 9.47 Å². The first-order valence-corrected chi connectivity index (χ1v) is 10.9. The van der Waals surface area contributed by atoms with E-state index in [1.54, 1.807) is 0 Å². The van der Waals surface area contributed by atoms with Crippen LogP contribution < -0.4 is 9.47 Å². The molecule has 0 unspecified atom stereocenters. The zero-order valence-corrected chi connectivity index (χ0v) is 18.3. The zero-order chi connectivity index (χ0) is 21.1. The number of rotatable bonds is 5. The van der Waals surface area contributed by atoms with Crippen molar-refractivity contribution in [3.8, 4) is 11.5 Å². The number of hydrogen-bond acceptors (Lipinski definition) is 5. The molecule has 0 bridgehead atoms. The van der Waals surface area contributed by atoms with Gasteiger partial charge < -0.3 is 14.4 Å². The Balaban J connectivity index is 1.26. The second-order valence-corrected chi connectivity index (χ2v) is 8.26. The number of piperazine rings is 1. The van der Waals surface area contributed by atoms with Crippen LogP contribution in [0.15, 0.2) is 18.2 Å². The van der Waals surface area contributed by atoms with Crippen LogP contribution in [0.3, 0.4) is 0 Å². The summed E-state index contributed by atoms with van der Waals surface area (Å²) >= 11 is 0. The van der Waals surface area contributed by atoms with Crippen LogP contribution in [0.5, 0.6) is 11.5 Å². The third-order valence-electron chi connectivity index (χ3n) is 6.21. The van der Waals surface area contributed by atoms with Gasteiger partial charge in [0, 0.05) is 63.9 Å². The first-order valence-electron chi connectivity index (χ1n) is 10.9. The van der Waals surface area contributed by atoms with Crippen LogP contribution in [-0.4, -0.2) is 64.9 Å². The summed E-state index contributed by atoms with van der Waals surface area (Å²) in [5.74, 6) is 1.83. The zero-order valence-electron chi connectivity index (χ0n) is 18.3. The normalized spacial score (nSPS) is 17.1. The highest BCUT2D eigenvalue weighted by Crippen LogP contribution is 2.30. The van der Waals surface area contributed by atoms with Crippen LogP contribution in [-0.2, 0) is 24.8 Å². The lowest BCUT2D eigenvalue weighted by Crippen LogP contribution is -2.48. The topological polar surface area (TPSA) is 59.8 Å². The summed E-state index contributed by atoms with van der Waals surface area (Å²) in [6, 6.07) is 6.02. The molecule has 30 heavy (non-hydrogen) atoms. The van der Waals surface area contributed by atoms with E-state index < -0.39 is 0 Å². The first-order chi connectivity index (χ1) is 14.5. The lowest BCUT2D eigenvalue weighted by molar-refractivity contribution is -0.133. The van der Waals surface area contributed by atoms with Crippen LogP contribution >= 0.6 is 0 Å². The van der Waals surface area contributed by atoms with E-state index in [-0.39, 0.29) is 5.91 Å². The third-order valence-corrected chi connectivity index (χ3v) is 6.21. The van der Waals surface area contributed by atoms with Gasteiger partial charge in [0.1, 0.15) is 0 Å². The molecule has 1 saturated heterocycles. The maximum absolute atomic E-state index is 12.7. The van der Waals surface area contributed by atoms with Gasteiger partial charge >= 0.3 is 0 Å². The molecule has 2 aliphatic heterocycles. The van der Waals surface area contributed by atoms with E-state index in [0.717, 1.165) is 68.3 Å². The molecule has 7 nitrogen and oxygen atoms in total. The van der Waals surface area contributed by atoms with Crippen molar-refractivity contribution in [1.82, 2.24) is 19.6 Å². The molecule has 1 fully saturated rings. The number of benzene rings is 1. The number of aromatic nitrogens is 2. The van der Waals surface area contributed by atoms with E-state index in [1.165, 1.54) is 11.3 Å². The summed E-state index contributed by atoms with van der Waals surface area (Å²) in [6.07, 6.45) is 2.15. The molecule has 0 N–H and O–H groups in total. The molecule has 0 radical (unpaired) electrons. The van der Waals surface area contributed by atoms with Gasteiger partial charge in [0.15, 0.2) is 11.5 Å². The third kappa shape index (κ3) is 4.61. The second-order valence-electron chi connectivity index (χ2n) is 8.26. The number of amides is 1. The Hall–Kier alpha value is -2.54. The van der Waals surface area contributed by atoms with E-state index in [9.17, 15) is 4.79 Å². The molecule has 7 heteroatoms. The van der Waals surface area contributed by atoms with Crippen LogP contribution in [0.4, 0.5) is 0 Å². The fraction of sp³-hybridized carbons (Fsp3) is 0.565. The molecule has 1 amide bonds. The van der Waals surface area contributed by atoms with Gasteiger partial charge in [-0.15, -0.1) is 0 Å². The van der Waals surface area contributed by atoms with Crippen LogP contribution in [0.1, 0.15) is 35.4 Å². The Labute approximate surface area is 178 Å². The van der Waals surface area contributed by atoms with E-state index in [2.05, 4.69) is 23.8 Å². The number of nitrogens with zero attached hydrogens (tertiary/aromatic N) is 4. The summed E-state index contributed by atoms with van der Waals surface area (Å²) in [5, 5.41) is 4.51. The smallest absolute Gasteiger partial charge is 0.222 e. The van der Waals surface area contributed by atoms with Gasteiger partial charge in [0.25, 0.3) is 0 Å². The molecular weight excluding hydrogens is 380 g/mol. The predicted octanol–water partition coefficient (Wildman–Crippen LogP) is 2.48. The summed E-state index contributed by atoms with van der Waals surface area (Å²) in [5.41, 5.74) is 4.75. The predicted molar refractivity (Wildman–Crippen MR) is 115 cm³/mol. The maximum atomic E-state index is 12.7. The fourth-order valence-electron chi connectivity index (χ4n) is 4.20. The number of carbonyl (C=O) groups is 1. The molecule has 4 rings (SSSR count). The lowest BCUT2D eigenvalue weighted by Gasteiger charge is -2.35. The van der Waals surface area contributed by atoms with Gasteiger partial charge in [-0.1, -0.05) is 6.07 Å². The molecule has 2 aromatic rings. The Morgan fingerprint density at radius 2 is 1.80 bits per heavy atom. The number of carbonyl (C=O) groups excluding carboxylic acids is 1. The summed E-state index contributed by atoms with van der Waals surface area (Å²) < 4.78 is 13.4. The fourth-order valence-corrected chi connectivity index (χ4v) is 4.20. The summed E-state index contributed by atoms with van der Waals surface area (Å²) in [7, 11) is 1.99. The quantitative estimate of drug-likeness (QED) is 0.755. The molecule has 0 atom stereocenters. The minimum absolute atomic E-state index is 0.232. The Morgan fingerprint density at radius 3 is 2.50 bits per heavy atom. The van der Waals surface area contributed by atoms with Crippen molar-refractivity contribution < 1.29 is 14.3 Å². The van der Waals surface area contributed by atoms with Gasteiger partial charge in [0.2, 0.25) is 5.91 Å². The van der Waals surface area contributed by atoms with Gasteiger partial charge in [-0.2, -0.15) is 5.10 Å². The van der Waals surface area contributed by atoms with Crippen molar-refractivity contribution >= 4 is 5.91 Å². The van der Waals surface area contributed by atoms with Crippen LogP contribution in [0.25, 0.3) is 0 Å². The lowest BCUT2D eigenvalue weighted by atomic mass is 10.1. The molecule has 1 aromatic carbocycles. The molecular formula is C23H32N4O3. The molecule has 0 saturated carbocycles. The highest BCUT2D eigenvalue weighted by atomic mass is 16.5. The average Bonchev–Trinajstić information content (AvgIpc) is 2.92. The number of hydrogen-bond donors (Lipinski definition) is 0. The van der Waals surface area contributed by atoms with Crippen molar-refractivity contribution in [3.05, 3.63) is 40.7 Å². The minimum atomic E-state index is 0.232. The Morgan fingerprint density at radius 1 is 1.07 bits per heavy atom.